The van der Waals surface area contributed by atoms with E-state index in [1.807, 2.05) is 32.0 Å². The topological polar surface area (TPSA) is 47.6 Å². The third-order valence-electron chi connectivity index (χ3n) is 3.74. The Morgan fingerprint density at radius 3 is 2.31 bits per heavy atom. The van der Waals surface area contributed by atoms with Gasteiger partial charge in [-0.25, -0.2) is 0 Å². The first kappa shape index (κ1) is 20.4. The molecular formula is C20H23Cl2NO3. The maximum atomic E-state index is 12.1. The third-order valence-corrected chi connectivity index (χ3v) is 4.45. The highest BCUT2D eigenvalue weighted by Crippen LogP contribution is 2.28. The molecule has 2 aromatic rings. The predicted octanol–water partition coefficient (Wildman–Crippen LogP) is 4.69. The van der Waals surface area contributed by atoms with Crippen molar-refractivity contribution in [1.29, 1.82) is 0 Å². The molecule has 0 aliphatic rings. The van der Waals surface area contributed by atoms with Crippen molar-refractivity contribution in [3.8, 4) is 11.5 Å². The molecule has 0 atom stereocenters. The second-order valence-corrected chi connectivity index (χ2v) is 6.44. The van der Waals surface area contributed by atoms with Crippen molar-refractivity contribution in [2.75, 3.05) is 19.8 Å². The van der Waals surface area contributed by atoms with Crippen LogP contribution in [0.25, 0.3) is 0 Å². The first-order chi connectivity index (χ1) is 12.5. The number of benzene rings is 2. The maximum Gasteiger partial charge on any atom is 0.224 e. The van der Waals surface area contributed by atoms with E-state index < -0.39 is 0 Å². The van der Waals surface area contributed by atoms with Crippen LogP contribution in [0.2, 0.25) is 10.0 Å². The fourth-order valence-electron chi connectivity index (χ4n) is 2.52. The minimum atomic E-state index is -0.115. The lowest BCUT2D eigenvalue weighted by Gasteiger charge is -2.13. The number of nitrogens with one attached hydrogen (secondary N) is 1. The zero-order valence-corrected chi connectivity index (χ0v) is 16.5. The molecule has 0 saturated carbocycles. The number of hydrogen-bond donors (Lipinski definition) is 1. The van der Waals surface area contributed by atoms with E-state index in [2.05, 4.69) is 5.32 Å². The van der Waals surface area contributed by atoms with Gasteiger partial charge in [-0.05, 0) is 55.7 Å². The zero-order chi connectivity index (χ0) is 18.9. The van der Waals surface area contributed by atoms with E-state index in [0.717, 1.165) is 17.1 Å². The van der Waals surface area contributed by atoms with Crippen LogP contribution in [0.4, 0.5) is 0 Å². The fourth-order valence-corrected chi connectivity index (χ4v) is 3.05. The van der Waals surface area contributed by atoms with E-state index in [4.69, 9.17) is 32.7 Å². The molecule has 0 heterocycles. The molecule has 0 aliphatic heterocycles. The first-order valence-corrected chi connectivity index (χ1v) is 9.38. The summed E-state index contributed by atoms with van der Waals surface area (Å²) in [7, 11) is 0. The van der Waals surface area contributed by atoms with E-state index in [9.17, 15) is 4.79 Å². The van der Waals surface area contributed by atoms with Crippen LogP contribution in [-0.2, 0) is 17.6 Å². The van der Waals surface area contributed by atoms with Gasteiger partial charge in [0, 0.05) is 16.6 Å². The summed E-state index contributed by atoms with van der Waals surface area (Å²) in [5.74, 6) is 1.34. The van der Waals surface area contributed by atoms with Crippen LogP contribution in [0.15, 0.2) is 36.4 Å². The van der Waals surface area contributed by atoms with Crippen molar-refractivity contribution in [3.05, 3.63) is 57.6 Å². The average molecular weight is 396 g/mol. The van der Waals surface area contributed by atoms with E-state index in [-0.39, 0.29) is 12.3 Å². The Morgan fingerprint density at radius 1 is 1.00 bits per heavy atom. The molecular weight excluding hydrogens is 373 g/mol. The number of amides is 1. The molecule has 1 amide bonds. The quantitative estimate of drug-likeness (QED) is 0.669. The number of rotatable bonds is 9. The molecule has 0 bridgehead atoms. The highest BCUT2D eigenvalue weighted by atomic mass is 35.5. The monoisotopic (exact) mass is 395 g/mol. The smallest absolute Gasteiger partial charge is 0.224 e. The van der Waals surface area contributed by atoms with Crippen LogP contribution in [-0.4, -0.2) is 25.7 Å². The van der Waals surface area contributed by atoms with E-state index in [0.29, 0.717) is 41.8 Å². The van der Waals surface area contributed by atoms with Crippen molar-refractivity contribution in [1.82, 2.24) is 5.32 Å². The molecule has 0 unspecified atom stereocenters. The van der Waals surface area contributed by atoms with Crippen LogP contribution in [0, 0.1) is 0 Å². The normalized spacial score (nSPS) is 10.5. The number of hydrogen-bond acceptors (Lipinski definition) is 3. The SMILES string of the molecule is CCOc1ccc(CCNC(=O)Cc2c(Cl)cccc2Cl)cc1OCC. The summed E-state index contributed by atoms with van der Waals surface area (Å²) in [6.07, 6.45) is 0.848. The average Bonchev–Trinajstić information content (AvgIpc) is 2.61. The number of carbonyl (C=O) groups excluding carboxylic acids is 1. The van der Waals surface area contributed by atoms with E-state index in [1.165, 1.54) is 0 Å². The molecule has 0 spiro atoms. The Morgan fingerprint density at radius 2 is 1.65 bits per heavy atom. The minimum absolute atomic E-state index is 0.115. The van der Waals surface area contributed by atoms with Gasteiger partial charge in [-0.2, -0.15) is 0 Å². The second kappa shape index (κ2) is 10.3. The molecule has 0 fully saturated rings. The van der Waals surface area contributed by atoms with Crippen molar-refractivity contribution < 1.29 is 14.3 Å². The van der Waals surface area contributed by atoms with Crippen LogP contribution >= 0.6 is 23.2 Å². The molecule has 0 aliphatic carbocycles. The Bertz CT molecular complexity index is 730. The summed E-state index contributed by atoms with van der Waals surface area (Å²) < 4.78 is 11.2. The van der Waals surface area contributed by atoms with Gasteiger partial charge in [0.05, 0.1) is 19.6 Å². The van der Waals surface area contributed by atoms with Gasteiger partial charge in [0.25, 0.3) is 0 Å². The van der Waals surface area contributed by atoms with Crippen LogP contribution < -0.4 is 14.8 Å². The largest absolute Gasteiger partial charge is 0.490 e. The number of carbonyl (C=O) groups is 1. The predicted molar refractivity (Wildman–Crippen MR) is 106 cm³/mol. The molecule has 0 aromatic heterocycles. The molecule has 6 heteroatoms. The third kappa shape index (κ3) is 5.82. The van der Waals surface area contributed by atoms with Gasteiger partial charge < -0.3 is 14.8 Å². The minimum Gasteiger partial charge on any atom is -0.490 e. The summed E-state index contributed by atoms with van der Waals surface area (Å²) in [6, 6.07) is 11.0. The molecule has 2 aromatic carbocycles. The standard InChI is InChI=1S/C20H23Cl2NO3/c1-3-25-18-9-8-14(12-19(18)26-4-2)10-11-23-20(24)13-15-16(21)6-5-7-17(15)22/h5-9,12H,3-4,10-11,13H2,1-2H3,(H,23,24). The zero-order valence-electron chi connectivity index (χ0n) is 15.0. The van der Waals surface area contributed by atoms with Crippen molar-refractivity contribution in [3.63, 3.8) is 0 Å². The Labute approximate surface area is 164 Å². The maximum absolute atomic E-state index is 12.1. The fraction of sp³-hybridized carbons (Fsp3) is 0.350. The van der Waals surface area contributed by atoms with E-state index >= 15 is 0 Å². The summed E-state index contributed by atoms with van der Waals surface area (Å²) in [5.41, 5.74) is 1.71. The van der Waals surface area contributed by atoms with Gasteiger partial charge in [0.2, 0.25) is 5.91 Å². The second-order valence-electron chi connectivity index (χ2n) is 5.62. The summed E-state index contributed by atoms with van der Waals surface area (Å²) in [5, 5.41) is 3.90. The number of ether oxygens (including phenoxy) is 2. The van der Waals surface area contributed by atoms with Crippen molar-refractivity contribution >= 4 is 29.1 Å². The molecule has 26 heavy (non-hydrogen) atoms. The van der Waals surface area contributed by atoms with Gasteiger partial charge in [0.15, 0.2) is 11.5 Å². The van der Waals surface area contributed by atoms with Gasteiger partial charge >= 0.3 is 0 Å². The molecule has 0 radical (unpaired) electrons. The van der Waals surface area contributed by atoms with Crippen molar-refractivity contribution in [2.24, 2.45) is 0 Å². The van der Waals surface area contributed by atoms with Crippen LogP contribution in [0.1, 0.15) is 25.0 Å². The van der Waals surface area contributed by atoms with Crippen molar-refractivity contribution in [2.45, 2.75) is 26.7 Å². The van der Waals surface area contributed by atoms with Gasteiger partial charge in [-0.15, -0.1) is 0 Å². The van der Waals surface area contributed by atoms with Gasteiger partial charge in [-0.1, -0.05) is 35.3 Å². The number of halogens is 2. The molecule has 2 rings (SSSR count). The van der Waals surface area contributed by atoms with Crippen LogP contribution in [0.5, 0.6) is 11.5 Å². The lowest BCUT2D eigenvalue weighted by atomic mass is 10.1. The summed E-state index contributed by atoms with van der Waals surface area (Å²) >= 11 is 12.2. The van der Waals surface area contributed by atoms with E-state index in [1.54, 1.807) is 18.2 Å². The molecule has 1 N–H and O–H groups in total. The Balaban J connectivity index is 1.90. The lowest BCUT2D eigenvalue weighted by Crippen LogP contribution is -2.27. The van der Waals surface area contributed by atoms with Gasteiger partial charge in [0.1, 0.15) is 0 Å². The molecule has 140 valence electrons. The summed E-state index contributed by atoms with van der Waals surface area (Å²) in [6.45, 7) is 5.53. The first-order valence-electron chi connectivity index (χ1n) is 8.63. The summed E-state index contributed by atoms with van der Waals surface area (Å²) in [4.78, 5) is 12.1. The lowest BCUT2D eigenvalue weighted by molar-refractivity contribution is -0.120. The molecule has 4 nitrogen and oxygen atoms in total. The Hall–Kier alpha value is -1.91. The van der Waals surface area contributed by atoms with Crippen LogP contribution in [0.3, 0.4) is 0 Å². The Kier molecular flexibility index (Phi) is 8.07. The highest BCUT2D eigenvalue weighted by molar-refractivity contribution is 6.36. The van der Waals surface area contributed by atoms with Gasteiger partial charge in [-0.3, -0.25) is 4.79 Å². The highest BCUT2D eigenvalue weighted by Gasteiger charge is 2.11. The molecule has 0 saturated heterocycles.